The summed E-state index contributed by atoms with van der Waals surface area (Å²) in [6.45, 7) is 7.83. The van der Waals surface area contributed by atoms with Crippen molar-refractivity contribution >= 4 is 61.5 Å². The third-order valence-electron chi connectivity index (χ3n) is 9.15. The molecule has 0 bridgehead atoms. The standard InChI is InChI=1S/C38H39Cl2N5O5S/c1-4-16-44(17-5-2)37-35(40)23(3)45(42-37)34-15-13-25(18-32(34)36(47)29-10-6-9-26-21-41-27(22-46)19-30(26)29)38(48)43-51(49,50)28-14-12-24-8-7-11-33(39)31(24)20-28/h6-15,18,20,27,41,46H,4-5,16-17,19,21-22H2,1-3H3,(H,43,48). The lowest BCUT2D eigenvalue weighted by Gasteiger charge is -2.26. The molecular weight excluding hydrogens is 709 g/mol. The van der Waals surface area contributed by atoms with Gasteiger partial charge in [-0.25, -0.2) is 17.8 Å². The molecule has 0 fully saturated rings. The van der Waals surface area contributed by atoms with Gasteiger partial charge in [0.1, 0.15) is 5.02 Å². The maximum Gasteiger partial charge on any atom is 0.265 e. The Bertz CT molecular complexity index is 2250. The number of amides is 1. The zero-order valence-electron chi connectivity index (χ0n) is 28.5. The number of aliphatic hydroxyl groups is 1. The summed E-state index contributed by atoms with van der Waals surface area (Å²) < 4.78 is 30.7. The van der Waals surface area contributed by atoms with E-state index in [2.05, 4.69) is 28.8 Å². The lowest BCUT2D eigenvalue weighted by atomic mass is 9.87. The largest absolute Gasteiger partial charge is 0.395 e. The molecule has 1 unspecified atom stereocenters. The number of anilines is 1. The number of benzene rings is 4. The first-order chi connectivity index (χ1) is 24.5. The Balaban J connectivity index is 1.45. The summed E-state index contributed by atoms with van der Waals surface area (Å²) in [5.74, 6) is -0.704. The molecule has 4 aromatic carbocycles. The van der Waals surface area contributed by atoms with Crippen LogP contribution in [0.1, 0.15) is 69.8 Å². The van der Waals surface area contributed by atoms with E-state index in [-0.39, 0.29) is 34.5 Å². The number of aliphatic hydroxyl groups excluding tert-OH is 1. The molecular formula is C38H39Cl2N5O5S. The summed E-state index contributed by atoms with van der Waals surface area (Å²) in [6.07, 6.45) is 2.19. The summed E-state index contributed by atoms with van der Waals surface area (Å²) >= 11 is 13.2. The zero-order valence-corrected chi connectivity index (χ0v) is 30.9. The molecule has 0 saturated heterocycles. The lowest BCUT2D eigenvalue weighted by Crippen LogP contribution is -2.39. The molecule has 0 spiro atoms. The fraction of sp³-hybridized carbons (Fsp3) is 0.289. The number of carbonyl (C=O) groups excluding carboxylic acids is 2. The zero-order chi connectivity index (χ0) is 36.4. The highest BCUT2D eigenvalue weighted by molar-refractivity contribution is 7.90. The number of halogens is 2. The van der Waals surface area contributed by atoms with Gasteiger partial charge in [0.05, 0.1) is 22.9 Å². The van der Waals surface area contributed by atoms with Gasteiger partial charge in [0.2, 0.25) is 0 Å². The van der Waals surface area contributed by atoms with Crippen LogP contribution in [0, 0.1) is 6.92 Å². The van der Waals surface area contributed by atoms with Crippen LogP contribution >= 0.6 is 23.2 Å². The van der Waals surface area contributed by atoms with Crippen molar-refractivity contribution < 1.29 is 23.1 Å². The molecule has 51 heavy (non-hydrogen) atoms. The number of nitrogens with one attached hydrogen (secondary N) is 2. The quantitative estimate of drug-likeness (QED) is 0.121. The van der Waals surface area contributed by atoms with E-state index in [1.807, 2.05) is 19.1 Å². The summed E-state index contributed by atoms with van der Waals surface area (Å²) in [5, 5.41) is 20.2. The van der Waals surface area contributed by atoms with E-state index >= 15 is 0 Å². The molecule has 0 aliphatic carbocycles. The molecule has 1 atom stereocenters. The third kappa shape index (κ3) is 7.27. The minimum atomic E-state index is -4.33. The average Bonchev–Trinajstić information content (AvgIpc) is 3.43. The van der Waals surface area contributed by atoms with Gasteiger partial charge in [-0.2, -0.15) is 0 Å². The smallest absolute Gasteiger partial charge is 0.265 e. The van der Waals surface area contributed by atoms with Gasteiger partial charge in [-0.1, -0.05) is 73.4 Å². The van der Waals surface area contributed by atoms with Crippen molar-refractivity contribution in [2.24, 2.45) is 0 Å². The second-order valence-corrected chi connectivity index (χ2v) is 15.1. The van der Waals surface area contributed by atoms with Crippen LogP contribution in [-0.2, 0) is 23.0 Å². The highest BCUT2D eigenvalue weighted by atomic mass is 35.5. The normalized spacial score (nSPS) is 14.4. The molecule has 6 rings (SSSR count). The van der Waals surface area contributed by atoms with Crippen LogP contribution in [0.2, 0.25) is 10.0 Å². The lowest BCUT2D eigenvalue weighted by molar-refractivity contribution is 0.0981. The first-order valence-corrected chi connectivity index (χ1v) is 19.1. The van der Waals surface area contributed by atoms with Crippen LogP contribution in [0.25, 0.3) is 16.5 Å². The van der Waals surface area contributed by atoms with E-state index < -0.39 is 15.9 Å². The van der Waals surface area contributed by atoms with Gasteiger partial charge in [-0.3, -0.25) is 9.59 Å². The number of sulfonamides is 1. The van der Waals surface area contributed by atoms with Crippen LogP contribution in [0.4, 0.5) is 5.82 Å². The molecule has 10 nitrogen and oxygen atoms in total. The number of fused-ring (bicyclic) bond motifs is 2. The highest BCUT2D eigenvalue weighted by Crippen LogP contribution is 2.33. The van der Waals surface area contributed by atoms with Crippen molar-refractivity contribution in [1.29, 1.82) is 0 Å². The Morgan fingerprint density at radius 2 is 1.75 bits per heavy atom. The van der Waals surface area contributed by atoms with Gasteiger partial charge >= 0.3 is 0 Å². The molecule has 13 heteroatoms. The molecule has 2 heterocycles. The van der Waals surface area contributed by atoms with E-state index in [0.29, 0.717) is 51.2 Å². The maximum atomic E-state index is 14.7. The van der Waals surface area contributed by atoms with Gasteiger partial charge in [0.15, 0.2) is 11.6 Å². The number of hydrogen-bond acceptors (Lipinski definition) is 8. The van der Waals surface area contributed by atoms with Gasteiger partial charge in [-0.05, 0) is 79.1 Å². The molecule has 1 aliphatic heterocycles. The summed E-state index contributed by atoms with van der Waals surface area (Å²) in [6, 6.07) is 19.4. The molecule has 1 aromatic heterocycles. The minimum Gasteiger partial charge on any atom is -0.395 e. The minimum absolute atomic E-state index is 0.0427. The van der Waals surface area contributed by atoms with Crippen LogP contribution in [0.3, 0.4) is 0 Å². The number of ketones is 1. The Kier molecular flexibility index (Phi) is 10.9. The van der Waals surface area contributed by atoms with E-state index in [1.165, 1.54) is 24.3 Å². The van der Waals surface area contributed by atoms with Gasteiger partial charge < -0.3 is 15.3 Å². The molecule has 0 radical (unpaired) electrons. The van der Waals surface area contributed by atoms with Crippen LogP contribution in [0.15, 0.2) is 77.7 Å². The topological polar surface area (TPSA) is 134 Å². The number of aromatic nitrogens is 2. The van der Waals surface area contributed by atoms with Crippen LogP contribution in [-0.4, -0.2) is 60.7 Å². The predicted molar refractivity (Wildman–Crippen MR) is 201 cm³/mol. The Labute approximate surface area is 307 Å². The van der Waals surface area contributed by atoms with E-state index in [1.54, 1.807) is 41.1 Å². The van der Waals surface area contributed by atoms with E-state index in [9.17, 15) is 23.1 Å². The fourth-order valence-corrected chi connectivity index (χ4v) is 8.01. The van der Waals surface area contributed by atoms with Gasteiger partial charge in [-0.15, -0.1) is 5.10 Å². The fourth-order valence-electron chi connectivity index (χ4n) is 6.53. The Morgan fingerprint density at radius 3 is 2.47 bits per heavy atom. The summed E-state index contributed by atoms with van der Waals surface area (Å²) in [7, 11) is -4.33. The van der Waals surface area contributed by atoms with Crippen molar-refractivity contribution in [3.8, 4) is 5.69 Å². The second kappa shape index (κ2) is 15.1. The molecule has 0 saturated carbocycles. The highest BCUT2D eigenvalue weighted by Gasteiger charge is 2.28. The van der Waals surface area contributed by atoms with Crippen molar-refractivity contribution in [2.75, 3.05) is 24.6 Å². The Morgan fingerprint density at radius 1 is 1.00 bits per heavy atom. The van der Waals surface area contributed by atoms with Crippen LogP contribution in [0.5, 0.6) is 0 Å². The average molecular weight is 749 g/mol. The predicted octanol–water partition coefficient (Wildman–Crippen LogP) is 6.62. The number of hydrogen-bond donors (Lipinski definition) is 3. The molecule has 3 N–H and O–H groups in total. The second-order valence-electron chi connectivity index (χ2n) is 12.6. The number of nitrogens with zero attached hydrogens (tertiary/aromatic N) is 3. The summed E-state index contributed by atoms with van der Waals surface area (Å²) in [4.78, 5) is 30.3. The molecule has 5 aromatic rings. The third-order valence-corrected chi connectivity index (χ3v) is 11.3. The summed E-state index contributed by atoms with van der Waals surface area (Å²) in [5.41, 5.74) is 3.22. The van der Waals surface area contributed by atoms with E-state index in [0.717, 1.165) is 42.4 Å². The van der Waals surface area contributed by atoms with Gasteiger partial charge in [0.25, 0.3) is 15.9 Å². The monoisotopic (exact) mass is 747 g/mol. The molecule has 266 valence electrons. The van der Waals surface area contributed by atoms with Crippen LogP contribution < -0.4 is 14.9 Å². The Hall–Kier alpha value is -4.26. The van der Waals surface area contributed by atoms with E-state index in [4.69, 9.17) is 28.3 Å². The number of rotatable bonds is 12. The molecule has 1 amide bonds. The number of carbonyl (C=O) groups is 2. The van der Waals surface area contributed by atoms with Gasteiger partial charge in [0, 0.05) is 52.8 Å². The van der Waals surface area contributed by atoms with Crippen molar-refractivity contribution in [2.45, 2.75) is 57.5 Å². The van der Waals surface area contributed by atoms with Crippen molar-refractivity contribution in [3.63, 3.8) is 0 Å². The first kappa shape index (κ1) is 36.5. The molecule has 1 aliphatic rings. The maximum absolute atomic E-state index is 14.7. The van der Waals surface area contributed by atoms with Crippen molar-refractivity contribution in [1.82, 2.24) is 19.8 Å². The first-order valence-electron chi connectivity index (χ1n) is 16.9. The van der Waals surface area contributed by atoms with Crippen molar-refractivity contribution in [3.05, 3.63) is 116 Å². The SMILES string of the molecule is CCCN(CCC)c1nn(-c2ccc(C(=O)NS(=O)(=O)c3ccc4cccc(Cl)c4c3)cc2C(=O)c2cccc3c2CC(CO)NC3)c(C)c1Cl.